The van der Waals surface area contributed by atoms with Crippen LogP contribution in [-0.2, 0) is 4.79 Å². The lowest BCUT2D eigenvalue weighted by molar-refractivity contribution is -0.117. The van der Waals surface area contributed by atoms with Crippen molar-refractivity contribution in [3.8, 4) is 0 Å². The highest BCUT2D eigenvalue weighted by Crippen LogP contribution is 2.20. The number of hydrogen-bond acceptors (Lipinski definition) is 2. The fraction of sp³-hybridized carbons (Fsp3) is 0.429. The van der Waals surface area contributed by atoms with Crippen LogP contribution in [0, 0.1) is 11.8 Å². The summed E-state index contributed by atoms with van der Waals surface area (Å²) >= 11 is 0. The minimum atomic E-state index is -0.105. The Morgan fingerprint density at radius 3 is 2.19 bits per heavy atom. The molecule has 0 saturated heterocycles. The van der Waals surface area contributed by atoms with Crippen LogP contribution in [0.1, 0.15) is 37.6 Å². The molecule has 1 rings (SSSR count). The van der Waals surface area contributed by atoms with Crippen LogP contribution in [0.25, 0.3) is 0 Å². The van der Waals surface area contributed by atoms with Crippen molar-refractivity contribution in [3.63, 3.8) is 0 Å². The van der Waals surface area contributed by atoms with Crippen LogP contribution in [0.2, 0.25) is 0 Å². The Balaban J connectivity index is 2.71. The fourth-order valence-corrected chi connectivity index (χ4v) is 1.75. The molecule has 1 aromatic rings. The standard InChI is InChI=1S/C14H18O2/c1-10(9-11(2)15)12(3)14(16)13-7-5-4-6-8-13/h4-8,10,12H,9H2,1-3H3/t10-,12+/m0/s1. The average Bonchev–Trinajstić information content (AvgIpc) is 2.27. The molecule has 0 bridgehead atoms. The van der Waals surface area contributed by atoms with Crippen LogP contribution >= 0.6 is 0 Å². The molecule has 2 nitrogen and oxygen atoms in total. The molecule has 2 atom stereocenters. The summed E-state index contributed by atoms with van der Waals surface area (Å²) in [4.78, 5) is 23.1. The van der Waals surface area contributed by atoms with Crippen molar-refractivity contribution in [2.45, 2.75) is 27.2 Å². The van der Waals surface area contributed by atoms with Gasteiger partial charge in [0.15, 0.2) is 5.78 Å². The summed E-state index contributed by atoms with van der Waals surface area (Å²) in [5, 5.41) is 0. The zero-order valence-corrected chi connectivity index (χ0v) is 10.1. The molecule has 0 fully saturated rings. The first-order valence-electron chi connectivity index (χ1n) is 5.61. The van der Waals surface area contributed by atoms with Crippen molar-refractivity contribution in [1.82, 2.24) is 0 Å². The molecule has 0 amide bonds. The Morgan fingerprint density at radius 1 is 1.12 bits per heavy atom. The second kappa shape index (κ2) is 5.59. The largest absolute Gasteiger partial charge is 0.300 e. The minimum absolute atomic E-state index is 0.102. The molecule has 0 N–H and O–H groups in total. The van der Waals surface area contributed by atoms with Crippen molar-refractivity contribution in [2.24, 2.45) is 11.8 Å². The Morgan fingerprint density at radius 2 is 1.69 bits per heavy atom. The zero-order chi connectivity index (χ0) is 12.1. The molecule has 0 unspecified atom stereocenters. The monoisotopic (exact) mass is 218 g/mol. The van der Waals surface area contributed by atoms with E-state index in [4.69, 9.17) is 0 Å². The van der Waals surface area contributed by atoms with Crippen LogP contribution < -0.4 is 0 Å². The van der Waals surface area contributed by atoms with Crippen LogP contribution in [-0.4, -0.2) is 11.6 Å². The van der Waals surface area contributed by atoms with Gasteiger partial charge in [0, 0.05) is 17.9 Å². The third kappa shape index (κ3) is 3.30. The maximum atomic E-state index is 12.1. The number of rotatable bonds is 5. The van der Waals surface area contributed by atoms with E-state index in [2.05, 4.69) is 0 Å². The summed E-state index contributed by atoms with van der Waals surface area (Å²) in [6.45, 7) is 5.41. The van der Waals surface area contributed by atoms with E-state index in [1.54, 1.807) is 6.92 Å². The Bertz CT molecular complexity index is 368. The molecule has 0 heterocycles. The smallest absolute Gasteiger partial charge is 0.165 e. The summed E-state index contributed by atoms with van der Waals surface area (Å²) in [5.74, 6) is 0.256. The lowest BCUT2D eigenvalue weighted by Crippen LogP contribution is -2.20. The molecule has 16 heavy (non-hydrogen) atoms. The van der Waals surface area contributed by atoms with E-state index in [0.29, 0.717) is 6.42 Å². The first-order valence-corrected chi connectivity index (χ1v) is 5.61. The third-order valence-corrected chi connectivity index (χ3v) is 2.93. The van der Waals surface area contributed by atoms with E-state index in [1.807, 2.05) is 44.2 Å². The maximum absolute atomic E-state index is 12.1. The number of Topliss-reactive ketones (excluding diaryl/α,β-unsaturated/α-hetero) is 2. The quantitative estimate of drug-likeness (QED) is 0.711. The summed E-state index contributed by atoms with van der Waals surface area (Å²) in [7, 11) is 0. The lowest BCUT2D eigenvalue weighted by Gasteiger charge is -2.17. The molecule has 0 spiro atoms. The van der Waals surface area contributed by atoms with Crippen molar-refractivity contribution < 1.29 is 9.59 Å². The molecule has 0 aliphatic rings. The highest BCUT2D eigenvalue weighted by molar-refractivity contribution is 5.98. The molecule has 86 valence electrons. The van der Waals surface area contributed by atoms with Gasteiger partial charge in [-0.1, -0.05) is 44.2 Å². The molecule has 0 aromatic heterocycles. The maximum Gasteiger partial charge on any atom is 0.165 e. The second-order valence-corrected chi connectivity index (χ2v) is 4.40. The van der Waals surface area contributed by atoms with Gasteiger partial charge >= 0.3 is 0 Å². The van der Waals surface area contributed by atoms with Crippen LogP contribution in [0.4, 0.5) is 0 Å². The minimum Gasteiger partial charge on any atom is -0.300 e. The molecule has 1 aromatic carbocycles. The van der Waals surface area contributed by atoms with Gasteiger partial charge in [-0.3, -0.25) is 4.79 Å². The fourth-order valence-electron chi connectivity index (χ4n) is 1.75. The summed E-state index contributed by atoms with van der Waals surface area (Å²) in [6, 6.07) is 9.24. The van der Waals surface area contributed by atoms with Crippen molar-refractivity contribution in [2.75, 3.05) is 0 Å². The normalized spacial score (nSPS) is 14.2. The van der Waals surface area contributed by atoms with Gasteiger partial charge in [0.2, 0.25) is 0 Å². The van der Waals surface area contributed by atoms with E-state index in [-0.39, 0.29) is 23.4 Å². The first-order chi connectivity index (χ1) is 7.52. The van der Waals surface area contributed by atoms with E-state index in [9.17, 15) is 9.59 Å². The molecular formula is C14H18O2. The predicted octanol–water partition coefficient (Wildman–Crippen LogP) is 3.12. The van der Waals surface area contributed by atoms with Gasteiger partial charge in [0.05, 0.1) is 0 Å². The average molecular weight is 218 g/mol. The van der Waals surface area contributed by atoms with E-state index >= 15 is 0 Å². The predicted molar refractivity (Wildman–Crippen MR) is 64.4 cm³/mol. The summed E-state index contributed by atoms with van der Waals surface area (Å²) in [6.07, 6.45) is 0.472. The van der Waals surface area contributed by atoms with Gasteiger partial charge < -0.3 is 4.79 Å². The molecule has 2 heteroatoms. The lowest BCUT2D eigenvalue weighted by atomic mass is 9.85. The molecule has 0 aliphatic heterocycles. The zero-order valence-electron chi connectivity index (χ0n) is 10.1. The van der Waals surface area contributed by atoms with Gasteiger partial charge in [-0.25, -0.2) is 0 Å². The van der Waals surface area contributed by atoms with Gasteiger partial charge in [-0.15, -0.1) is 0 Å². The van der Waals surface area contributed by atoms with Gasteiger partial charge in [0.25, 0.3) is 0 Å². The van der Waals surface area contributed by atoms with Gasteiger partial charge in [-0.05, 0) is 12.8 Å². The van der Waals surface area contributed by atoms with E-state index in [0.717, 1.165) is 5.56 Å². The molecule has 0 saturated carbocycles. The highest BCUT2D eigenvalue weighted by atomic mass is 16.1. The molecular weight excluding hydrogens is 200 g/mol. The van der Waals surface area contributed by atoms with Crippen LogP contribution in [0.3, 0.4) is 0 Å². The second-order valence-electron chi connectivity index (χ2n) is 4.40. The number of benzene rings is 1. The number of ketones is 2. The number of carbonyl (C=O) groups excluding carboxylic acids is 2. The van der Waals surface area contributed by atoms with Gasteiger partial charge in [0.1, 0.15) is 5.78 Å². The number of hydrogen-bond donors (Lipinski definition) is 0. The SMILES string of the molecule is CC(=O)C[C@H](C)[C@@H](C)C(=O)c1ccccc1. The van der Waals surface area contributed by atoms with Crippen molar-refractivity contribution >= 4 is 11.6 Å². The van der Waals surface area contributed by atoms with E-state index < -0.39 is 0 Å². The summed E-state index contributed by atoms with van der Waals surface area (Å²) < 4.78 is 0. The first kappa shape index (κ1) is 12.6. The van der Waals surface area contributed by atoms with Crippen molar-refractivity contribution in [3.05, 3.63) is 35.9 Å². The van der Waals surface area contributed by atoms with Gasteiger partial charge in [-0.2, -0.15) is 0 Å². The Kier molecular flexibility index (Phi) is 4.41. The highest BCUT2D eigenvalue weighted by Gasteiger charge is 2.22. The third-order valence-electron chi connectivity index (χ3n) is 2.93. The number of carbonyl (C=O) groups is 2. The molecule has 0 radical (unpaired) electrons. The topological polar surface area (TPSA) is 34.1 Å². The summed E-state index contributed by atoms with van der Waals surface area (Å²) in [5.41, 5.74) is 0.727. The van der Waals surface area contributed by atoms with E-state index in [1.165, 1.54) is 0 Å². The Hall–Kier alpha value is -1.44. The van der Waals surface area contributed by atoms with Crippen molar-refractivity contribution in [1.29, 1.82) is 0 Å². The Labute approximate surface area is 96.7 Å². The van der Waals surface area contributed by atoms with Crippen LogP contribution in [0.15, 0.2) is 30.3 Å². The molecule has 0 aliphatic carbocycles. The van der Waals surface area contributed by atoms with Crippen LogP contribution in [0.5, 0.6) is 0 Å².